The maximum atomic E-state index is 13.3. The molecule has 1 saturated heterocycles. The molecule has 186 valence electrons. The van der Waals surface area contributed by atoms with E-state index >= 15 is 0 Å². The average molecular weight is 503 g/mol. The van der Waals surface area contributed by atoms with E-state index in [0.29, 0.717) is 36.3 Å². The summed E-state index contributed by atoms with van der Waals surface area (Å²) in [5, 5.41) is -0.217. The molecule has 4 nitrogen and oxygen atoms in total. The summed E-state index contributed by atoms with van der Waals surface area (Å²) in [5.74, 6) is -0.679. The van der Waals surface area contributed by atoms with Crippen LogP contribution in [0.2, 0.25) is 0 Å². The van der Waals surface area contributed by atoms with Gasteiger partial charge in [0.15, 0.2) is 0 Å². The van der Waals surface area contributed by atoms with Crippen molar-refractivity contribution in [3.63, 3.8) is 0 Å². The molecule has 1 N–H and O–H groups in total. The number of hydrogen-bond donors (Lipinski definition) is 1. The first-order chi connectivity index (χ1) is 15.2. The predicted molar refractivity (Wildman–Crippen MR) is 131 cm³/mol. The molecule has 0 spiro atoms. The largest absolute Gasteiger partial charge is 0.303 e. The summed E-state index contributed by atoms with van der Waals surface area (Å²) in [6, 6.07) is 8.07. The molecule has 0 radical (unpaired) electrons. The first-order valence-electron chi connectivity index (χ1n) is 12.5. The number of hydrogen-bond acceptors (Lipinski definition) is 3. The van der Waals surface area contributed by atoms with Gasteiger partial charge in [0, 0.05) is 37.0 Å². The van der Waals surface area contributed by atoms with Gasteiger partial charge in [-0.2, -0.15) is 0 Å². The van der Waals surface area contributed by atoms with Gasteiger partial charge in [-0.25, -0.2) is 17.2 Å². The van der Waals surface area contributed by atoms with Gasteiger partial charge < -0.3 is 4.90 Å². The normalized spacial score (nSPS) is 31.6. The highest BCUT2D eigenvalue weighted by Gasteiger charge is 2.67. The minimum Gasteiger partial charge on any atom is -0.303 e. The Morgan fingerprint density at radius 2 is 1.76 bits per heavy atom. The lowest BCUT2D eigenvalue weighted by atomic mass is 9.84. The van der Waals surface area contributed by atoms with Gasteiger partial charge in [0.05, 0.1) is 5.25 Å². The highest BCUT2D eigenvalue weighted by molar-refractivity contribution is 7.93. The molecule has 1 aliphatic heterocycles. The Morgan fingerprint density at radius 1 is 1.09 bits per heavy atom. The van der Waals surface area contributed by atoms with E-state index in [4.69, 9.17) is 0 Å². The van der Waals surface area contributed by atoms with Crippen LogP contribution in [-0.4, -0.2) is 44.1 Å². The molecule has 33 heavy (non-hydrogen) atoms. The Balaban J connectivity index is 0.00000259. The number of piperidine rings is 1. The fourth-order valence-corrected chi connectivity index (χ4v) is 8.02. The third kappa shape index (κ3) is 5.06. The minimum absolute atomic E-state index is 0. The van der Waals surface area contributed by atoms with E-state index in [-0.39, 0.29) is 35.9 Å². The summed E-state index contributed by atoms with van der Waals surface area (Å²) in [5.41, 5.74) is 2.14. The molecular weight excluding hydrogens is 466 g/mol. The second kappa shape index (κ2) is 9.27. The maximum absolute atomic E-state index is 13.3. The zero-order valence-corrected chi connectivity index (χ0v) is 21.1. The number of fused-ring (bicyclic) bond motifs is 1. The predicted octanol–water partition coefficient (Wildman–Crippen LogP) is 5.83. The zero-order valence-electron chi connectivity index (χ0n) is 19.4. The summed E-state index contributed by atoms with van der Waals surface area (Å²) in [4.78, 5) is 2.56. The number of alkyl halides is 2. The SMILES string of the molecule is CC[C@]1(c2cccc(NS(=O)(=O)C3CC3)c2)[C@@H]2CN(CCCC3CCC(F)(F)CC3)C[C@@H]21.Cl. The van der Waals surface area contributed by atoms with Crippen molar-refractivity contribution < 1.29 is 17.2 Å². The van der Waals surface area contributed by atoms with Crippen LogP contribution in [0.15, 0.2) is 24.3 Å². The molecule has 0 bridgehead atoms. The van der Waals surface area contributed by atoms with Gasteiger partial charge in [-0.3, -0.25) is 4.72 Å². The van der Waals surface area contributed by atoms with Crippen molar-refractivity contribution in [1.29, 1.82) is 0 Å². The molecule has 1 aromatic carbocycles. The van der Waals surface area contributed by atoms with Crippen molar-refractivity contribution in [3.8, 4) is 0 Å². The number of likely N-dealkylation sites (tertiary alicyclic amines) is 1. The maximum Gasteiger partial charge on any atom is 0.248 e. The highest BCUT2D eigenvalue weighted by atomic mass is 35.5. The van der Waals surface area contributed by atoms with Crippen molar-refractivity contribution >= 4 is 28.1 Å². The van der Waals surface area contributed by atoms with Gasteiger partial charge in [0.1, 0.15) is 0 Å². The van der Waals surface area contributed by atoms with E-state index in [1.807, 2.05) is 12.1 Å². The highest BCUT2D eigenvalue weighted by Crippen LogP contribution is 2.65. The Kier molecular flexibility index (Phi) is 7.07. The van der Waals surface area contributed by atoms with E-state index in [9.17, 15) is 17.2 Å². The lowest BCUT2D eigenvalue weighted by Gasteiger charge is -2.29. The van der Waals surface area contributed by atoms with Crippen molar-refractivity contribution in [2.45, 2.75) is 81.3 Å². The van der Waals surface area contributed by atoms with E-state index in [1.165, 1.54) is 5.56 Å². The van der Waals surface area contributed by atoms with Gasteiger partial charge in [-0.05, 0) is 86.9 Å². The van der Waals surface area contributed by atoms with E-state index in [1.54, 1.807) is 0 Å². The quantitative estimate of drug-likeness (QED) is 0.462. The molecule has 1 heterocycles. The molecule has 3 saturated carbocycles. The van der Waals surface area contributed by atoms with Gasteiger partial charge in [-0.1, -0.05) is 19.1 Å². The number of benzene rings is 1. The van der Waals surface area contributed by atoms with Crippen LogP contribution in [0.5, 0.6) is 0 Å². The number of rotatable bonds is 9. The third-order valence-corrected chi connectivity index (χ3v) is 10.6. The zero-order chi connectivity index (χ0) is 22.6. The lowest BCUT2D eigenvalue weighted by molar-refractivity contribution is -0.0468. The van der Waals surface area contributed by atoms with Crippen LogP contribution >= 0.6 is 12.4 Å². The molecule has 0 unspecified atom stereocenters. The molecular formula is C25H37ClF2N2O2S. The smallest absolute Gasteiger partial charge is 0.248 e. The molecule has 3 aliphatic carbocycles. The number of sulfonamides is 1. The number of nitrogens with zero attached hydrogens (tertiary/aromatic N) is 1. The number of halogens is 3. The van der Waals surface area contributed by atoms with Gasteiger partial charge in [0.2, 0.25) is 15.9 Å². The van der Waals surface area contributed by atoms with Crippen molar-refractivity contribution in [1.82, 2.24) is 4.90 Å². The molecule has 3 atom stereocenters. The number of anilines is 1. The Hall–Kier alpha value is -0.920. The van der Waals surface area contributed by atoms with Crippen molar-refractivity contribution in [2.24, 2.45) is 17.8 Å². The molecule has 1 aromatic rings. The molecule has 0 aromatic heterocycles. The van der Waals surface area contributed by atoms with Crippen LogP contribution in [0.25, 0.3) is 0 Å². The molecule has 8 heteroatoms. The van der Waals surface area contributed by atoms with Crippen molar-refractivity contribution in [2.75, 3.05) is 24.4 Å². The van der Waals surface area contributed by atoms with Crippen LogP contribution in [0, 0.1) is 17.8 Å². The average Bonchev–Trinajstić information content (AvgIpc) is 3.66. The van der Waals surface area contributed by atoms with E-state index in [2.05, 4.69) is 28.7 Å². The summed E-state index contributed by atoms with van der Waals surface area (Å²) in [6.07, 6.45) is 6.28. The van der Waals surface area contributed by atoms with Gasteiger partial charge >= 0.3 is 0 Å². The first-order valence-corrected chi connectivity index (χ1v) is 14.0. The van der Waals surface area contributed by atoms with Gasteiger partial charge in [-0.15, -0.1) is 12.4 Å². The molecule has 0 amide bonds. The summed E-state index contributed by atoms with van der Waals surface area (Å²) < 4.78 is 54.2. The summed E-state index contributed by atoms with van der Waals surface area (Å²) in [7, 11) is -3.24. The second-order valence-corrected chi connectivity index (χ2v) is 12.7. The van der Waals surface area contributed by atoms with Crippen molar-refractivity contribution in [3.05, 3.63) is 29.8 Å². The van der Waals surface area contributed by atoms with E-state index in [0.717, 1.165) is 51.7 Å². The Bertz CT molecular complexity index is 931. The van der Waals surface area contributed by atoms with Crippen LogP contribution in [0.3, 0.4) is 0 Å². The van der Waals surface area contributed by atoms with Crippen LogP contribution in [0.1, 0.15) is 70.3 Å². The molecule has 4 fully saturated rings. The number of nitrogens with one attached hydrogen (secondary N) is 1. The first kappa shape index (κ1) is 25.2. The molecule has 4 aliphatic rings. The standard InChI is InChI=1S/C25H36F2N2O2S.ClH/c1-2-25(19-6-3-7-20(15-19)28-32(30,31)21-8-9-21)22-16-29(17-23(22)25)14-4-5-18-10-12-24(26,27)13-11-18;/h3,6-7,15,18,21-23,28H,2,4-5,8-14,16-17H2,1H3;1H/t22-,23+,25+;. The Labute approximate surface area is 203 Å². The lowest BCUT2D eigenvalue weighted by Crippen LogP contribution is -2.31. The summed E-state index contributed by atoms with van der Waals surface area (Å²) >= 11 is 0. The van der Waals surface area contributed by atoms with Crippen LogP contribution < -0.4 is 4.72 Å². The van der Waals surface area contributed by atoms with Crippen LogP contribution in [0.4, 0.5) is 14.5 Å². The second-order valence-electron chi connectivity index (χ2n) is 10.7. The van der Waals surface area contributed by atoms with Gasteiger partial charge in [0.25, 0.3) is 0 Å². The topological polar surface area (TPSA) is 49.4 Å². The fraction of sp³-hybridized carbons (Fsp3) is 0.760. The monoisotopic (exact) mass is 502 g/mol. The van der Waals surface area contributed by atoms with E-state index < -0.39 is 15.9 Å². The third-order valence-electron chi connectivity index (χ3n) is 8.74. The van der Waals surface area contributed by atoms with Crippen LogP contribution in [-0.2, 0) is 15.4 Å². The molecule has 5 rings (SSSR count). The minimum atomic E-state index is -3.24. The Morgan fingerprint density at radius 3 is 2.36 bits per heavy atom. The fourth-order valence-electron chi connectivity index (χ4n) is 6.65. The summed E-state index contributed by atoms with van der Waals surface area (Å²) in [6.45, 7) is 5.52.